The highest BCUT2D eigenvalue weighted by Gasteiger charge is 2.36. The molecule has 2 rings (SSSR count). The van der Waals surface area contributed by atoms with Crippen LogP contribution in [0.4, 0.5) is 10.5 Å². The first-order chi connectivity index (χ1) is 16.9. The Kier molecular flexibility index (Phi) is 10.6. The Morgan fingerprint density at radius 2 is 1.75 bits per heavy atom. The number of ether oxygens (including phenoxy) is 1. The van der Waals surface area contributed by atoms with Crippen LogP contribution in [0.15, 0.2) is 42.5 Å². The van der Waals surface area contributed by atoms with Crippen LogP contribution in [0, 0.1) is 13.8 Å². The number of aryl methyl sites for hydroxylation is 2. The predicted molar refractivity (Wildman–Crippen MR) is 145 cm³/mol. The van der Waals surface area contributed by atoms with Crippen molar-refractivity contribution in [2.24, 2.45) is 0 Å². The summed E-state index contributed by atoms with van der Waals surface area (Å²) in [5, 5.41) is 15.5. The van der Waals surface area contributed by atoms with Crippen LogP contribution in [0.5, 0.6) is 0 Å². The molecule has 3 N–H and O–H groups in total. The largest absolute Gasteiger partial charge is 0.444 e. The van der Waals surface area contributed by atoms with Gasteiger partial charge < -0.3 is 25.4 Å². The number of nitrogens with zero attached hydrogens (tertiary/aromatic N) is 1. The van der Waals surface area contributed by atoms with Crippen molar-refractivity contribution in [1.29, 1.82) is 0 Å². The second-order valence-corrected chi connectivity index (χ2v) is 10.1. The molecular formula is C26H34ClN3O5S. The quantitative estimate of drug-likeness (QED) is 0.358. The fourth-order valence-corrected chi connectivity index (χ4v) is 4.03. The van der Waals surface area contributed by atoms with Crippen molar-refractivity contribution >= 4 is 47.8 Å². The summed E-state index contributed by atoms with van der Waals surface area (Å²) >= 11 is 10.6. The van der Waals surface area contributed by atoms with Gasteiger partial charge in [-0.25, -0.2) is 4.79 Å². The van der Waals surface area contributed by atoms with Gasteiger partial charge in [-0.1, -0.05) is 53.6 Å². The van der Waals surface area contributed by atoms with Crippen molar-refractivity contribution in [3.05, 3.63) is 64.2 Å². The molecule has 2 unspecified atom stereocenters. The summed E-state index contributed by atoms with van der Waals surface area (Å²) < 4.78 is 5.27. The van der Waals surface area contributed by atoms with E-state index in [4.69, 9.17) is 16.3 Å². The van der Waals surface area contributed by atoms with Crippen LogP contribution in [0.25, 0.3) is 0 Å². The first-order valence-corrected chi connectivity index (χ1v) is 12.5. The minimum Gasteiger partial charge on any atom is -0.444 e. The zero-order valence-electron chi connectivity index (χ0n) is 21.2. The number of para-hydroxylation sites is 1. The Morgan fingerprint density at radius 3 is 2.28 bits per heavy atom. The molecule has 0 spiro atoms. The van der Waals surface area contributed by atoms with Crippen molar-refractivity contribution in [3.8, 4) is 0 Å². The summed E-state index contributed by atoms with van der Waals surface area (Å²) in [6, 6.07) is 10.2. The van der Waals surface area contributed by atoms with E-state index in [1.807, 2.05) is 19.1 Å². The average Bonchev–Trinajstić information content (AvgIpc) is 2.79. The molecule has 0 fully saturated rings. The molecule has 2 aromatic carbocycles. The number of alkyl carbamates (subject to hydrolysis) is 1. The van der Waals surface area contributed by atoms with Crippen LogP contribution in [0.2, 0.25) is 5.02 Å². The standard InChI is InChI=1S/C26H34ClN3O5S/c1-16-9-11-18(12-10-16)22(23(32)29-21-17(2)7-6-8-19(21)27)30(13-14-31)24(33)20(15-36)28-25(34)35-26(3,4)5/h6-12,20,22,31,36H,13-15H2,1-5H3,(H,28,34)(H,29,32). The van der Waals surface area contributed by atoms with Gasteiger partial charge >= 0.3 is 6.09 Å². The lowest BCUT2D eigenvalue weighted by Crippen LogP contribution is -2.53. The van der Waals surface area contributed by atoms with Crippen molar-refractivity contribution < 1.29 is 24.2 Å². The van der Waals surface area contributed by atoms with Gasteiger partial charge in [-0.3, -0.25) is 9.59 Å². The van der Waals surface area contributed by atoms with Crippen LogP contribution in [0.1, 0.15) is 43.5 Å². The minimum absolute atomic E-state index is 0.0497. The number of benzene rings is 2. The molecule has 0 saturated carbocycles. The van der Waals surface area contributed by atoms with Gasteiger partial charge in [0.2, 0.25) is 5.91 Å². The van der Waals surface area contributed by atoms with E-state index in [0.717, 1.165) is 11.1 Å². The summed E-state index contributed by atoms with van der Waals surface area (Å²) in [5.41, 5.74) is 1.91. The van der Waals surface area contributed by atoms with Gasteiger partial charge in [-0.2, -0.15) is 12.6 Å². The lowest BCUT2D eigenvalue weighted by atomic mass is 10.0. The number of aliphatic hydroxyl groups is 1. The number of aliphatic hydroxyl groups excluding tert-OH is 1. The second-order valence-electron chi connectivity index (χ2n) is 9.37. The van der Waals surface area contributed by atoms with E-state index in [2.05, 4.69) is 23.3 Å². The molecule has 10 heteroatoms. The topological polar surface area (TPSA) is 108 Å². The van der Waals surface area contributed by atoms with E-state index in [9.17, 15) is 19.5 Å². The Balaban J connectivity index is 2.47. The molecule has 196 valence electrons. The van der Waals surface area contributed by atoms with E-state index in [0.29, 0.717) is 16.3 Å². The predicted octanol–water partition coefficient (Wildman–Crippen LogP) is 4.28. The molecule has 8 nitrogen and oxygen atoms in total. The number of carbonyl (C=O) groups is 3. The molecule has 3 amide bonds. The number of anilines is 1. The average molecular weight is 536 g/mol. The lowest BCUT2D eigenvalue weighted by molar-refractivity contribution is -0.140. The summed E-state index contributed by atoms with van der Waals surface area (Å²) in [6.45, 7) is 8.26. The van der Waals surface area contributed by atoms with Crippen molar-refractivity contribution in [2.75, 3.05) is 24.2 Å². The lowest BCUT2D eigenvalue weighted by Gasteiger charge is -2.34. The van der Waals surface area contributed by atoms with Crippen molar-refractivity contribution in [1.82, 2.24) is 10.2 Å². The maximum atomic E-state index is 13.7. The third-order valence-corrected chi connectivity index (χ3v) is 5.90. The van der Waals surface area contributed by atoms with E-state index in [-0.39, 0.29) is 12.3 Å². The molecular weight excluding hydrogens is 502 g/mol. The van der Waals surface area contributed by atoms with Crippen LogP contribution >= 0.6 is 24.2 Å². The Bertz CT molecular complexity index is 1050. The molecule has 0 heterocycles. The number of hydrogen-bond donors (Lipinski definition) is 4. The molecule has 0 aromatic heterocycles. The normalized spacial score (nSPS) is 12.9. The van der Waals surface area contributed by atoms with Gasteiger partial charge in [0.25, 0.3) is 5.91 Å². The molecule has 0 aliphatic carbocycles. The van der Waals surface area contributed by atoms with Gasteiger partial charge in [-0.05, 0) is 51.8 Å². The fourth-order valence-electron chi connectivity index (χ4n) is 3.51. The number of hydrogen-bond acceptors (Lipinski definition) is 6. The van der Waals surface area contributed by atoms with Crippen LogP contribution in [-0.2, 0) is 14.3 Å². The smallest absolute Gasteiger partial charge is 0.408 e. The third-order valence-electron chi connectivity index (χ3n) is 5.22. The van der Waals surface area contributed by atoms with Crippen LogP contribution in [-0.4, -0.2) is 58.5 Å². The highest BCUT2D eigenvalue weighted by Crippen LogP contribution is 2.29. The van der Waals surface area contributed by atoms with Gasteiger partial charge in [-0.15, -0.1) is 0 Å². The maximum Gasteiger partial charge on any atom is 0.408 e. The zero-order chi connectivity index (χ0) is 27.0. The van der Waals surface area contributed by atoms with E-state index in [1.54, 1.807) is 58.0 Å². The number of thiol groups is 1. The van der Waals surface area contributed by atoms with E-state index >= 15 is 0 Å². The minimum atomic E-state index is -1.12. The number of nitrogens with one attached hydrogen (secondary N) is 2. The first kappa shape index (κ1) is 29.5. The molecule has 2 atom stereocenters. The van der Waals surface area contributed by atoms with Gasteiger partial charge in [0.05, 0.1) is 17.3 Å². The molecule has 0 radical (unpaired) electrons. The summed E-state index contributed by atoms with van der Waals surface area (Å²) in [7, 11) is 0. The molecule has 0 aliphatic heterocycles. The summed E-state index contributed by atoms with van der Waals surface area (Å²) in [5.74, 6) is -1.17. The number of halogens is 1. The molecule has 0 bridgehead atoms. The SMILES string of the molecule is Cc1ccc(C(C(=O)Nc2c(C)cccc2Cl)N(CCO)C(=O)C(CS)NC(=O)OC(C)(C)C)cc1. The fraction of sp³-hybridized carbons (Fsp3) is 0.423. The highest BCUT2D eigenvalue weighted by atomic mass is 35.5. The van der Waals surface area contributed by atoms with Gasteiger partial charge in [0.15, 0.2) is 0 Å². The van der Waals surface area contributed by atoms with Crippen molar-refractivity contribution in [2.45, 2.75) is 52.3 Å². The Labute approximate surface area is 222 Å². The molecule has 0 aliphatic rings. The van der Waals surface area contributed by atoms with E-state index < -0.39 is 42.2 Å². The number of amides is 3. The van der Waals surface area contributed by atoms with Crippen molar-refractivity contribution in [3.63, 3.8) is 0 Å². The monoisotopic (exact) mass is 535 g/mol. The summed E-state index contributed by atoms with van der Waals surface area (Å²) in [6.07, 6.45) is -0.790. The maximum absolute atomic E-state index is 13.7. The van der Waals surface area contributed by atoms with Crippen LogP contribution < -0.4 is 10.6 Å². The molecule has 2 aromatic rings. The Morgan fingerprint density at radius 1 is 1.11 bits per heavy atom. The number of carbonyl (C=O) groups excluding carboxylic acids is 3. The number of rotatable bonds is 9. The first-order valence-electron chi connectivity index (χ1n) is 11.5. The molecule has 0 saturated heterocycles. The van der Waals surface area contributed by atoms with E-state index in [1.165, 1.54) is 4.90 Å². The molecule has 36 heavy (non-hydrogen) atoms. The zero-order valence-corrected chi connectivity index (χ0v) is 22.8. The summed E-state index contributed by atoms with van der Waals surface area (Å²) in [4.78, 5) is 40.9. The third kappa shape index (κ3) is 8.15. The van der Waals surface area contributed by atoms with Gasteiger partial charge in [0.1, 0.15) is 17.7 Å². The van der Waals surface area contributed by atoms with Gasteiger partial charge in [0, 0.05) is 12.3 Å². The second kappa shape index (κ2) is 13.0. The Hall–Kier alpha value is -2.75. The highest BCUT2D eigenvalue weighted by molar-refractivity contribution is 7.80. The van der Waals surface area contributed by atoms with Crippen LogP contribution in [0.3, 0.4) is 0 Å².